The van der Waals surface area contributed by atoms with Crippen LogP contribution in [0.25, 0.3) is 0 Å². The highest BCUT2D eigenvalue weighted by Crippen LogP contribution is 2.50. The molecule has 1 amide bonds. The van der Waals surface area contributed by atoms with E-state index in [0.29, 0.717) is 42.4 Å². The van der Waals surface area contributed by atoms with E-state index in [2.05, 4.69) is 35.6 Å². The van der Waals surface area contributed by atoms with E-state index in [-0.39, 0.29) is 18.2 Å². The number of nitrogens with zero attached hydrogens (tertiary/aromatic N) is 4. The van der Waals surface area contributed by atoms with E-state index in [0.717, 1.165) is 11.6 Å². The Morgan fingerprint density at radius 3 is 2.28 bits per heavy atom. The molecule has 2 atom stereocenters. The van der Waals surface area contributed by atoms with Crippen LogP contribution in [0, 0.1) is 5.41 Å². The predicted octanol–water partition coefficient (Wildman–Crippen LogP) is 5.33. The van der Waals surface area contributed by atoms with E-state index in [9.17, 15) is 23.1 Å². The van der Waals surface area contributed by atoms with Crippen molar-refractivity contribution in [3.8, 4) is 0 Å². The van der Waals surface area contributed by atoms with E-state index >= 15 is 0 Å². The van der Waals surface area contributed by atoms with Crippen molar-refractivity contribution in [1.82, 2.24) is 14.9 Å². The number of hydrogen-bond donors (Lipinski definition) is 1. The SMILES string of the molecule is CC(C)c1ccc(C(O)(c2cncc(N3CC(c4ccc(C(F)(F)F)nc4)CC3=O)c2)C2(C)CN(C)C2)cc1. The molecule has 2 unspecified atom stereocenters. The third-order valence-corrected chi connectivity index (χ3v) is 8.23. The summed E-state index contributed by atoms with van der Waals surface area (Å²) in [5, 5.41) is 12.5. The van der Waals surface area contributed by atoms with Crippen molar-refractivity contribution in [2.24, 2.45) is 5.41 Å². The van der Waals surface area contributed by atoms with Crippen LogP contribution in [0.15, 0.2) is 61.1 Å². The third-order valence-electron chi connectivity index (χ3n) is 8.23. The zero-order chi connectivity index (χ0) is 28.2. The highest BCUT2D eigenvalue weighted by molar-refractivity contribution is 5.96. The molecule has 5 rings (SSSR count). The maximum absolute atomic E-state index is 13.1. The number of aliphatic hydroxyl groups is 1. The number of pyridine rings is 2. The van der Waals surface area contributed by atoms with Crippen LogP contribution in [0.2, 0.25) is 0 Å². The summed E-state index contributed by atoms with van der Waals surface area (Å²) in [5.74, 6) is -0.0917. The Labute approximate surface area is 226 Å². The van der Waals surface area contributed by atoms with E-state index in [1.165, 1.54) is 17.8 Å². The molecule has 0 spiro atoms. The minimum Gasteiger partial charge on any atom is -0.380 e. The van der Waals surface area contributed by atoms with Gasteiger partial charge in [0.15, 0.2) is 0 Å². The minimum atomic E-state index is -4.51. The molecule has 9 heteroatoms. The number of benzene rings is 1. The number of aromatic nitrogens is 2. The summed E-state index contributed by atoms with van der Waals surface area (Å²) < 4.78 is 38.8. The molecule has 4 heterocycles. The van der Waals surface area contributed by atoms with Gasteiger partial charge in [0.25, 0.3) is 0 Å². The van der Waals surface area contributed by atoms with Gasteiger partial charge in [0.1, 0.15) is 11.3 Å². The van der Waals surface area contributed by atoms with Gasteiger partial charge in [-0.3, -0.25) is 14.8 Å². The van der Waals surface area contributed by atoms with Crippen molar-refractivity contribution < 1.29 is 23.1 Å². The Morgan fingerprint density at radius 2 is 1.72 bits per heavy atom. The normalized spacial score (nSPS) is 21.2. The van der Waals surface area contributed by atoms with Gasteiger partial charge in [0.05, 0.1) is 11.9 Å². The Bertz CT molecular complexity index is 1350. The lowest BCUT2D eigenvalue weighted by Gasteiger charge is -2.56. The largest absolute Gasteiger partial charge is 0.433 e. The Kier molecular flexibility index (Phi) is 6.79. The van der Waals surface area contributed by atoms with Crippen LogP contribution in [-0.2, 0) is 16.6 Å². The molecule has 6 nitrogen and oxygen atoms in total. The molecule has 0 radical (unpaired) electrons. The number of carbonyl (C=O) groups excluding carboxylic acids is 1. The van der Waals surface area contributed by atoms with E-state index in [4.69, 9.17) is 0 Å². The summed E-state index contributed by atoms with van der Waals surface area (Å²) in [4.78, 5) is 24.8. The quantitative estimate of drug-likeness (QED) is 0.460. The molecule has 39 heavy (non-hydrogen) atoms. The number of alkyl halides is 3. The van der Waals surface area contributed by atoms with Gasteiger partial charge in [-0.1, -0.05) is 51.1 Å². The second kappa shape index (κ2) is 9.71. The highest BCUT2D eigenvalue weighted by Gasteiger charge is 2.55. The zero-order valence-corrected chi connectivity index (χ0v) is 22.5. The van der Waals surface area contributed by atoms with E-state index in [1.54, 1.807) is 17.3 Å². The van der Waals surface area contributed by atoms with E-state index in [1.807, 2.05) is 37.4 Å². The predicted molar refractivity (Wildman–Crippen MR) is 142 cm³/mol. The van der Waals surface area contributed by atoms with Gasteiger partial charge in [-0.25, -0.2) is 0 Å². The van der Waals surface area contributed by atoms with Crippen LogP contribution in [-0.4, -0.2) is 52.6 Å². The van der Waals surface area contributed by atoms with Crippen molar-refractivity contribution in [3.05, 3.63) is 89.0 Å². The molecule has 1 aromatic carbocycles. The van der Waals surface area contributed by atoms with Crippen LogP contribution >= 0.6 is 0 Å². The molecule has 2 aromatic heterocycles. The molecule has 0 aliphatic carbocycles. The summed E-state index contributed by atoms with van der Waals surface area (Å²) in [6.07, 6.45) is 0.0840. The lowest BCUT2D eigenvalue weighted by molar-refractivity contribution is -0.141. The second-order valence-electron chi connectivity index (χ2n) is 11.5. The molecule has 0 bridgehead atoms. The first kappa shape index (κ1) is 27.3. The maximum Gasteiger partial charge on any atom is 0.433 e. The maximum atomic E-state index is 13.1. The standard InChI is InChI=1S/C30H33F3N4O2/c1-19(2)20-5-8-23(9-6-20)29(39,28(3)17-36(4)18-28)24-12-25(15-34-14-24)37-16-22(11-27(37)38)21-7-10-26(35-13-21)30(31,32)33/h5-10,12-15,19,22,39H,11,16-18H2,1-4H3. The number of halogens is 3. The average molecular weight is 539 g/mol. The lowest BCUT2D eigenvalue weighted by atomic mass is 9.62. The van der Waals surface area contributed by atoms with Gasteiger partial charge in [-0.05, 0) is 41.8 Å². The summed E-state index contributed by atoms with van der Waals surface area (Å²) in [6.45, 7) is 7.97. The fourth-order valence-electron chi connectivity index (χ4n) is 6.11. The number of hydrogen-bond acceptors (Lipinski definition) is 5. The smallest absolute Gasteiger partial charge is 0.380 e. The van der Waals surface area contributed by atoms with Crippen molar-refractivity contribution in [3.63, 3.8) is 0 Å². The fraction of sp³-hybridized carbons (Fsp3) is 0.433. The van der Waals surface area contributed by atoms with Gasteiger partial charge in [-0.2, -0.15) is 13.2 Å². The van der Waals surface area contributed by atoms with Crippen molar-refractivity contribution >= 4 is 11.6 Å². The zero-order valence-electron chi connectivity index (χ0n) is 22.5. The van der Waals surface area contributed by atoms with Crippen LogP contribution in [0.5, 0.6) is 0 Å². The number of anilines is 1. The molecular weight excluding hydrogens is 505 g/mol. The Morgan fingerprint density at radius 1 is 1.03 bits per heavy atom. The summed E-state index contributed by atoms with van der Waals surface area (Å²) in [7, 11) is 2.01. The van der Waals surface area contributed by atoms with Gasteiger partial charge in [0, 0.05) is 55.3 Å². The van der Waals surface area contributed by atoms with Crippen LogP contribution in [0.1, 0.15) is 67.0 Å². The minimum absolute atomic E-state index is 0.153. The monoisotopic (exact) mass is 538 g/mol. The molecule has 206 valence electrons. The first-order valence-electron chi connectivity index (χ1n) is 13.1. The summed E-state index contributed by atoms with van der Waals surface area (Å²) in [6, 6.07) is 12.2. The molecule has 3 aromatic rings. The highest BCUT2D eigenvalue weighted by atomic mass is 19.4. The fourth-order valence-corrected chi connectivity index (χ4v) is 6.11. The van der Waals surface area contributed by atoms with Crippen molar-refractivity contribution in [1.29, 1.82) is 0 Å². The van der Waals surface area contributed by atoms with Gasteiger partial charge in [-0.15, -0.1) is 0 Å². The molecule has 1 N–H and O–H groups in total. The van der Waals surface area contributed by atoms with Gasteiger partial charge < -0.3 is 14.9 Å². The van der Waals surface area contributed by atoms with Gasteiger partial charge >= 0.3 is 6.18 Å². The average Bonchev–Trinajstić information content (AvgIpc) is 3.28. The summed E-state index contributed by atoms with van der Waals surface area (Å²) >= 11 is 0. The topological polar surface area (TPSA) is 69.6 Å². The second-order valence-corrected chi connectivity index (χ2v) is 11.5. The number of amides is 1. The Hall–Kier alpha value is -3.30. The number of likely N-dealkylation sites (tertiary alicyclic amines) is 1. The van der Waals surface area contributed by atoms with Crippen LogP contribution in [0.4, 0.5) is 18.9 Å². The van der Waals surface area contributed by atoms with Gasteiger partial charge in [0.2, 0.25) is 5.91 Å². The third kappa shape index (κ3) is 4.82. The summed E-state index contributed by atoms with van der Waals surface area (Å²) in [5.41, 5.74) is 0.879. The van der Waals surface area contributed by atoms with Crippen LogP contribution in [0.3, 0.4) is 0 Å². The number of carbonyl (C=O) groups is 1. The molecule has 2 saturated heterocycles. The molecule has 2 fully saturated rings. The molecule has 2 aliphatic rings. The molecular formula is C30H33F3N4O2. The van der Waals surface area contributed by atoms with Crippen LogP contribution < -0.4 is 4.90 Å². The number of rotatable bonds is 6. The molecule has 0 saturated carbocycles. The first-order chi connectivity index (χ1) is 18.3. The van der Waals surface area contributed by atoms with Crippen molar-refractivity contribution in [2.75, 3.05) is 31.6 Å². The first-order valence-corrected chi connectivity index (χ1v) is 13.1. The lowest BCUT2D eigenvalue weighted by Crippen LogP contribution is -2.63. The molecule has 2 aliphatic heterocycles. The van der Waals surface area contributed by atoms with E-state index < -0.39 is 22.9 Å². The van der Waals surface area contributed by atoms with Crippen molar-refractivity contribution in [2.45, 2.75) is 50.8 Å². The Balaban J connectivity index is 1.47.